The van der Waals surface area contributed by atoms with Gasteiger partial charge in [0.15, 0.2) is 0 Å². The highest BCUT2D eigenvalue weighted by Crippen LogP contribution is 2.28. The van der Waals surface area contributed by atoms with E-state index in [9.17, 15) is 13.2 Å². The molecule has 0 aliphatic rings. The molecule has 1 heterocycles. The van der Waals surface area contributed by atoms with Crippen molar-refractivity contribution in [2.24, 2.45) is 5.84 Å². The lowest BCUT2D eigenvalue weighted by atomic mass is 10.3. The second-order valence-electron chi connectivity index (χ2n) is 2.94. The van der Waals surface area contributed by atoms with Gasteiger partial charge in [-0.1, -0.05) is 19.2 Å². The quantitative estimate of drug-likeness (QED) is 0.492. The second kappa shape index (κ2) is 4.36. The predicted octanol–water partition coefficient (Wildman–Crippen LogP) is 2.48. The molecule has 0 saturated carbocycles. The summed E-state index contributed by atoms with van der Waals surface area (Å²) in [6, 6.07) is 3.44. The van der Waals surface area contributed by atoms with E-state index in [1.165, 1.54) is 18.2 Å². The van der Waals surface area contributed by atoms with Crippen LogP contribution in [0.1, 0.15) is 5.69 Å². The summed E-state index contributed by atoms with van der Waals surface area (Å²) in [4.78, 5) is 3.38. The topological polar surface area (TPSA) is 42.1 Å². The molecule has 0 spiro atoms. The molecule has 0 saturated heterocycles. The fraction of sp³-hybridized carbons (Fsp3) is 0.100. The predicted molar refractivity (Wildman–Crippen MR) is 55.2 cm³/mol. The van der Waals surface area contributed by atoms with Crippen molar-refractivity contribution in [2.45, 2.75) is 6.18 Å². The van der Waals surface area contributed by atoms with Crippen LogP contribution in [0.4, 0.5) is 19.0 Å². The largest absolute Gasteiger partial charge is 0.433 e. The molecule has 0 unspecified atom stereocenters. The molecule has 16 heavy (non-hydrogen) atoms. The van der Waals surface area contributed by atoms with Crippen molar-refractivity contribution in [1.29, 1.82) is 0 Å². The third kappa shape index (κ3) is 2.60. The summed E-state index contributed by atoms with van der Waals surface area (Å²) in [6.07, 6.45) is -3.17. The number of rotatable bonds is 3. The average molecular weight is 229 g/mol. The normalized spacial score (nSPS) is 11.0. The molecule has 1 rings (SSSR count). The molecule has 0 atom stereocenters. The van der Waals surface area contributed by atoms with Gasteiger partial charge in [-0.3, -0.25) is 5.01 Å². The van der Waals surface area contributed by atoms with Gasteiger partial charge in [0, 0.05) is 0 Å². The number of anilines is 1. The summed E-state index contributed by atoms with van der Waals surface area (Å²) in [7, 11) is 0. The molecule has 86 valence electrons. The van der Waals surface area contributed by atoms with Gasteiger partial charge in [-0.25, -0.2) is 10.8 Å². The second-order valence-corrected chi connectivity index (χ2v) is 2.94. The number of nitrogens with zero attached hydrogens (tertiary/aromatic N) is 2. The minimum Gasteiger partial charge on any atom is -0.263 e. The van der Waals surface area contributed by atoms with Crippen LogP contribution in [0.25, 0.3) is 0 Å². The number of pyridine rings is 1. The molecule has 1 aromatic heterocycles. The van der Waals surface area contributed by atoms with E-state index in [0.717, 1.165) is 11.1 Å². The molecule has 0 aliphatic heterocycles. The lowest BCUT2D eigenvalue weighted by molar-refractivity contribution is -0.141. The SMILES string of the molecule is C=CC(=C)N(N)c1cccc(C(F)(F)F)n1. The van der Waals surface area contributed by atoms with Gasteiger partial charge < -0.3 is 0 Å². The molecule has 1 aromatic rings. The van der Waals surface area contributed by atoms with Gasteiger partial charge in [0.25, 0.3) is 0 Å². The highest BCUT2D eigenvalue weighted by molar-refractivity contribution is 5.46. The van der Waals surface area contributed by atoms with Crippen LogP contribution in [0, 0.1) is 0 Å². The molecule has 3 nitrogen and oxygen atoms in total. The lowest BCUT2D eigenvalue weighted by Gasteiger charge is -2.18. The molecular weight excluding hydrogens is 219 g/mol. The number of hydrogen-bond acceptors (Lipinski definition) is 3. The molecule has 0 radical (unpaired) electrons. The zero-order valence-electron chi connectivity index (χ0n) is 8.33. The van der Waals surface area contributed by atoms with Gasteiger partial charge in [0.05, 0.1) is 5.70 Å². The first-order chi connectivity index (χ1) is 7.36. The van der Waals surface area contributed by atoms with E-state index < -0.39 is 11.9 Å². The Kier molecular flexibility index (Phi) is 3.34. The van der Waals surface area contributed by atoms with Crippen molar-refractivity contribution < 1.29 is 13.2 Å². The summed E-state index contributed by atoms with van der Waals surface area (Å²) in [5.41, 5.74) is -0.746. The Bertz CT molecular complexity index is 412. The first-order valence-electron chi connectivity index (χ1n) is 4.26. The van der Waals surface area contributed by atoms with Crippen molar-refractivity contribution in [1.82, 2.24) is 4.98 Å². The molecule has 0 aliphatic carbocycles. The third-order valence-corrected chi connectivity index (χ3v) is 1.82. The number of hydrogen-bond donors (Lipinski definition) is 1. The van der Waals surface area contributed by atoms with Gasteiger partial charge in [0.1, 0.15) is 11.5 Å². The van der Waals surface area contributed by atoms with Crippen LogP contribution in [0.5, 0.6) is 0 Å². The number of hydrazine groups is 1. The van der Waals surface area contributed by atoms with Crippen molar-refractivity contribution in [3.05, 3.63) is 48.8 Å². The van der Waals surface area contributed by atoms with Crippen molar-refractivity contribution >= 4 is 5.82 Å². The van der Waals surface area contributed by atoms with Crippen molar-refractivity contribution in [3.8, 4) is 0 Å². The van der Waals surface area contributed by atoms with Gasteiger partial charge >= 0.3 is 6.18 Å². The summed E-state index contributed by atoms with van der Waals surface area (Å²) in [6.45, 7) is 6.91. The van der Waals surface area contributed by atoms with E-state index in [2.05, 4.69) is 18.1 Å². The van der Waals surface area contributed by atoms with E-state index in [-0.39, 0.29) is 11.5 Å². The van der Waals surface area contributed by atoms with Crippen LogP contribution in [-0.2, 0) is 6.18 Å². The zero-order chi connectivity index (χ0) is 12.3. The highest BCUT2D eigenvalue weighted by Gasteiger charge is 2.32. The summed E-state index contributed by atoms with van der Waals surface area (Å²) in [5, 5.41) is 0.933. The monoisotopic (exact) mass is 229 g/mol. The first-order valence-corrected chi connectivity index (χ1v) is 4.26. The van der Waals surface area contributed by atoms with Crippen LogP contribution < -0.4 is 10.9 Å². The Hall–Kier alpha value is -1.82. The Balaban J connectivity index is 3.08. The Morgan fingerprint density at radius 3 is 2.56 bits per heavy atom. The maximum Gasteiger partial charge on any atom is 0.433 e. The molecule has 0 aromatic carbocycles. The molecule has 0 bridgehead atoms. The average Bonchev–Trinajstić information content (AvgIpc) is 2.26. The Labute approximate surface area is 90.7 Å². The van der Waals surface area contributed by atoms with Crippen molar-refractivity contribution in [3.63, 3.8) is 0 Å². The zero-order valence-corrected chi connectivity index (χ0v) is 8.33. The fourth-order valence-corrected chi connectivity index (χ4v) is 0.961. The minimum absolute atomic E-state index is 0.0419. The molecule has 2 N–H and O–H groups in total. The van der Waals surface area contributed by atoms with Gasteiger partial charge in [0.2, 0.25) is 0 Å². The Morgan fingerprint density at radius 2 is 2.06 bits per heavy atom. The minimum atomic E-state index is -4.49. The molecule has 0 fully saturated rings. The van der Waals surface area contributed by atoms with Crippen LogP contribution in [0.3, 0.4) is 0 Å². The maximum atomic E-state index is 12.3. The number of aromatic nitrogens is 1. The van der Waals surface area contributed by atoms with Gasteiger partial charge in [-0.05, 0) is 18.2 Å². The van der Waals surface area contributed by atoms with Gasteiger partial charge in [-0.15, -0.1) is 0 Å². The van der Waals surface area contributed by atoms with Crippen LogP contribution in [0.2, 0.25) is 0 Å². The number of alkyl halides is 3. The van der Waals surface area contributed by atoms with Crippen LogP contribution >= 0.6 is 0 Å². The third-order valence-electron chi connectivity index (χ3n) is 1.82. The summed E-state index contributed by atoms with van der Waals surface area (Å²) in [5.74, 6) is 5.45. The fourth-order valence-electron chi connectivity index (χ4n) is 0.961. The van der Waals surface area contributed by atoms with E-state index in [0.29, 0.717) is 0 Å². The van der Waals surface area contributed by atoms with E-state index in [1.54, 1.807) is 0 Å². The molecule has 0 amide bonds. The number of nitrogens with two attached hydrogens (primary N) is 1. The van der Waals surface area contributed by atoms with E-state index in [4.69, 9.17) is 5.84 Å². The van der Waals surface area contributed by atoms with Crippen LogP contribution in [0.15, 0.2) is 43.1 Å². The van der Waals surface area contributed by atoms with Crippen molar-refractivity contribution in [2.75, 3.05) is 5.01 Å². The Morgan fingerprint density at radius 1 is 1.44 bits per heavy atom. The van der Waals surface area contributed by atoms with Crippen LogP contribution in [-0.4, -0.2) is 4.98 Å². The van der Waals surface area contributed by atoms with Gasteiger partial charge in [-0.2, -0.15) is 13.2 Å². The lowest BCUT2D eigenvalue weighted by Crippen LogP contribution is -2.30. The molecular formula is C10H10F3N3. The smallest absolute Gasteiger partial charge is 0.263 e. The standard InChI is InChI=1S/C10H10F3N3/c1-3-7(2)16(14)9-6-4-5-8(15-9)10(11,12)13/h3-6H,1-2,14H2. The summed E-state index contributed by atoms with van der Waals surface area (Å²) >= 11 is 0. The summed E-state index contributed by atoms with van der Waals surface area (Å²) < 4.78 is 37.0. The maximum absolute atomic E-state index is 12.3. The number of allylic oxidation sites excluding steroid dienone is 1. The molecule has 6 heteroatoms. The van der Waals surface area contributed by atoms with E-state index >= 15 is 0 Å². The highest BCUT2D eigenvalue weighted by atomic mass is 19.4. The first kappa shape index (κ1) is 12.3. The number of halogens is 3. The van der Waals surface area contributed by atoms with E-state index in [1.807, 2.05) is 0 Å².